The third-order valence-electron chi connectivity index (χ3n) is 6.02. The molecule has 9 heteroatoms. The van der Waals surface area contributed by atoms with E-state index in [0.29, 0.717) is 19.3 Å². The van der Waals surface area contributed by atoms with Crippen molar-refractivity contribution < 1.29 is 23.9 Å². The average molecular weight is 469 g/mol. The summed E-state index contributed by atoms with van der Waals surface area (Å²) in [6.45, 7) is 12.5. The molecule has 3 amide bonds. The molecular weight excluding hydrogens is 424 g/mol. The lowest BCUT2D eigenvalue weighted by Crippen LogP contribution is -2.59. The number of hydrogen-bond acceptors (Lipinski definition) is 6. The first-order chi connectivity index (χ1) is 15.5. The van der Waals surface area contributed by atoms with Crippen molar-refractivity contribution in [2.75, 3.05) is 13.7 Å². The third-order valence-corrected chi connectivity index (χ3v) is 6.02. The number of carbonyl (C=O) groups excluding carboxylic acids is 4. The number of esters is 1. The van der Waals surface area contributed by atoms with Gasteiger partial charge in [0.1, 0.15) is 18.1 Å². The predicted molar refractivity (Wildman–Crippen MR) is 127 cm³/mol. The Hall–Kier alpha value is -2.16. The van der Waals surface area contributed by atoms with Crippen LogP contribution < -0.4 is 21.3 Å². The molecule has 0 aromatic carbocycles. The lowest BCUT2D eigenvalue weighted by Gasteiger charge is -2.29. The summed E-state index contributed by atoms with van der Waals surface area (Å²) < 4.78 is 4.84. The van der Waals surface area contributed by atoms with E-state index >= 15 is 0 Å². The van der Waals surface area contributed by atoms with Gasteiger partial charge in [-0.2, -0.15) is 0 Å². The zero-order chi connectivity index (χ0) is 25.1. The summed E-state index contributed by atoms with van der Waals surface area (Å²) in [5.74, 6) is -1.36. The number of methoxy groups -OCH3 is 1. The van der Waals surface area contributed by atoms with E-state index < -0.39 is 35.9 Å². The van der Waals surface area contributed by atoms with Crippen molar-refractivity contribution in [2.24, 2.45) is 17.8 Å². The van der Waals surface area contributed by atoms with Crippen LogP contribution in [-0.2, 0) is 23.9 Å². The lowest BCUT2D eigenvalue weighted by molar-refractivity contribution is -0.146. The van der Waals surface area contributed by atoms with Gasteiger partial charge in [-0.05, 0) is 50.0 Å². The minimum atomic E-state index is -0.835. The Morgan fingerprint density at radius 3 is 2.00 bits per heavy atom. The number of ether oxygens (including phenoxy) is 1. The summed E-state index contributed by atoms with van der Waals surface area (Å²) in [6.07, 6.45) is 3.20. The maximum atomic E-state index is 13.2. The van der Waals surface area contributed by atoms with Crippen LogP contribution in [0.5, 0.6) is 0 Å². The first-order valence-corrected chi connectivity index (χ1v) is 12.2. The fourth-order valence-corrected chi connectivity index (χ4v) is 3.93. The highest BCUT2D eigenvalue weighted by Crippen LogP contribution is 2.13. The molecule has 0 bridgehead atoms. The Bertz CT molecular complexity index is 661. The highest BCUT2D eigenvalue weighted by atomic mass is 16.5. The second-order valence-electron chi connectivity index (χ2n) is 9.93. The van der Waals surface area contributed by atoms with E-state index in [4.69, 9.17) is 4.74 Å². The van der Waals surface area contributed by atoms with Gasteiger partial charge in [-0.15, -0.1) is 0 Å². The van der Waals surface area contributed by atoms with Crippen LogP contribution in [-0.4, -0.2) is 61.5 Å². The zero-order valence-corrected chi connectivity index (χ0v) is 21.3. The Morgan fingerprint density at radius 2 is 1.52 bits per heavy atom. The summed E-state index contributed by atoms with van der Waals surface area (Å²) >= 11 is 0. The SMILES string of the molecule is CC[C@H](C)[C@H](NC(=O)[C@H](CC(C)C)NC(=O)[C@@H]1CCCN1)C(=O)N[C@@H](CC(C)C)C(=O)OC. The molecule has 0 aromatic rings. The molecule has 0 radical (unpaired) electrons. The Labute approximate surface area is 198 Å². The first-order valence-electron chi connectivity index (χ1n) is 12.2. The molecule has 1 aliphatic heterocycles. The van der Waals surface area contributed by atoms with Crippen molar-refractivity contribution in [2.45, 2.75) is 97.8 Å². The van der Waals surface area contributed by atoms with Crippen molar-refractivity contribution in [3.8, 4) is 0 Å². The lowest BCUT2D eigenvalue weighted by atomic mass is 9.95. The fourth-order valence-electron chi connectivity index (χ4n) is 3.93. The Morgan fingerprint density at radius 1 is 0.909 bits per heavy atom. The van der Waals surface area contributed by atoms with Crippen LogP contribution in [0.25, 0.3) is 0 Å². The first kappa shape index (κ1) is 28.9. The van der Waals surface area contributed by atoms with Crippen LogP contribution in [0.3, 0.4) is 0 Å². The van der Waals surface area contributed by atoms with Crippen LogP contribution in [0.2, 0.25) is 0 Å². The summed E-state index contributed by atoms with van der Waals surface area (Å²) in [7, 11) is 1.29. The van der Waals surface area contributed by atoms with E-state index in [9.17, 15) is 19.2 Å². The van der Waals surface area contributed by atoms with Gasteiger partial charge in [0.15, 0.2) is 0 Å². The molecule has 5 atom stereocenters. The van der Waals surface area contributed by atoms with E-state index in [0.717, 1.165) is 19.4 Å². The molecule has 1 heterocycles. The maximum absolute atomic E-state index is 13.2. The zero-order valence-electron chi connectivity index (χ0n) is 21.3. The van der Waals surface area contributed by atoms with Crippen molar-refractivity contribution in [1.29, 1.82) is 0 Å². The number of rotatable bonds is 13. The van der Waals surface area contributed by atoms with Gasteiger partial charge in [-0.25, -0.2) is 4.79 Å². The van der Waals surface area contributed by atoms with Gasteiger partial charge < -0.3 is 26.0 Å². The van der Waals surface area contributed by atoms with Gasteiger partial charge in [0.05, 0.1) is 13.2 Å². The van der Waals surface area contributed by atoms with Crippen LogP contribution in [0.1, 0.15) is 73.6 Å². The molecule has 1 rings (SSSR count). The molecule has 0 saturated carbocycles. The van der Waals surface area contributed by atoms with Gasteiger partial charge in [0, 0.05) is 0 Å². The predicted octanol–water partition coefficient (Wildman–Crippen LogP) is 1.50. The highest BCUT2D eigenvalue weighted by Gasteiger charge is 2.34. The van der Waals surface area contributed by atoms with Gasteiger partial charge in [0.25, 0.3) is 0 Å². The largest absolute Gasteiger partial charge is 0.467 e. The molecule has 0 spiro atoms. The van der Waals surface area contributed by atoms with Gasteiger partial charge in [0.2, 0.25) is 17.7 Å². The number of amides is 3. The Kier molecular flexibility index (Phi) is 12.4. The van der Waals surface area contributed by atoms with Gasteiger partial charge in [-0.1, -0.05) is 48.0 Å². The molecule has 0 aromatic heterocycles. The molecule has 9 nitrogen and oxygen atoms in total. The molecular formula is C24H44N4O5. The monoisotopic (exact) mass is 468 g/mol. The summed E-state index contributed by atoms with van der Waals surface area (Å²) in [5, 5.41) is 11.6. The maximum Gasteiger partial charge on any atom is 0.328 e. The molecule has 0 unspecified atom stereocenters. The average Bonchev–Trinajstić information content (AvgIpc) is 3.29. The molecule has 1 saturated heterocycles. The molecule has 1 aliphatic rings. The smallest absolute Gasteiger partial charge is 0.328 e. The van der Waals surface area contributed by atoms with Crippen LogP contribution in [0.15, 0.2) is 0 Å². The van der Waals surface area contributed by atoms with Gasteiger partial charge >= 0.3 is 5.97 Å². The Balaban J connectivity index is 2.97. The summed E-state index contributed by atoms with van der Waals surface area (Å²) in [5.41, 5.74) is 0. The van der Waals surface area contributed by atoms with Crippen LogP contribution >= 0.6 is 0 Å². The van der Waals surface area contributed by atoms with E-state index in [-0.39, 0.29) is 29.7 Å². The van der Waals surface area contributed by atoms with Gasteiger partial charge in [-0.3, -0.25) is 14.4 Å². The van der Waals surface area contributed by atoms with E-state index in [2.05, 4.69) is 21.3 Å². The molecule has 0 aliphatic carbocycles. The standard InChI is InChI=1S/C24H44N4O5/c1-8-16(6)20(23(31)27-19(13-15(4)5)24(32)33-7)28-22(30)18(12-14(2)3)26-21(29)17-10-9-11-25-17/h14-20,25H,8-13H2,1-7H3,(H,26,29)(H,27,31)(H,28,30)/t16-,17-,18-,19-,20-/m0/s1. The van der Waals surface area contributed by atoms with E-state index in [1.165, 1.54) is 7.11 Å². The molecule has 33 heavy (non-hydrogen) atoms. The second kappa shape index (κ2) is 14.2. The van der Waals surface area contributed by atoms with E-state index in [1.807, 2.05) is 41.5 Å². The third kappa shape index (κ3) is 9.70. The van der Waals surface area contributed by atoms with Crippen LogP contribution in [0.4, 0.5) is 0 Å². The molecule has 4 N–H and O–H groups in total. The van der Waals surface area contributed by atoms with Crippen molar-refractivity contribution in [3.05, 3.63) is 0 Å². The fraction of sp³-hybridized carbons (Fsp3) is 0.833. The number of hydrogen-bond donors (Lipinski definition) is 4. The number of nitrogens with one attached hydrogen (secondary N) is 4. The minimum Gasteiger partial charge on any atom is -0.467 e. The molecule has 1 fully saturated rings. The second-order valence-corrected chi connectivity index (χ2v) is 9.93. The quantitative estimate of drug-likeness (QED) is 0.304. The van der Waals surface area contributed by atoms with Crippen molar-refractivity contribution in [3.63, 3.8) is 0 Å². The summed E-state index contributed by atoms with van der Waals surface area (Å²) in [4.78, 5) is 51.1. The highest BCUT2D eigenvalue weighted by molar-refractivity contribution is 5.94. The normalized spacial score (nSPS) is 19.5. The number of carbonyl (C=O) groups is 4. The topological polar surface area (TPSA) is 126 Å². The van der Waals surface area contributed by atoms with E-state index in [1.54, 1.807) is 0 Å². The van der Waals surface area contributed by atoms with Crippen LogP contribution in [0, 0.1) is 17.8 Å². The minimum absolute atomic E-state index is 0.167. The van der Waals surface area contributed by atoms with Crippen molar-refractivity contribution >= 4 is 23.7 Å². The summed E-state index contributed by atoms with van der Waals surface area (Å²) in [6, 6.07) is -2.66. The van der Waals surface area contributed by atoms with Crippen molar-refractivity contribution in [1.82, 2.24) is 21.3 Å². The molecule has 190 valence electrons.